The Morgan fingerprint density at radius 2 is 1.67 bits per heavy atom. The summed E-state index contributed by atoms with van der Waals surface area (Å²) in [5.41, 5.74) is 0. The van der Waals surface area contributed by atoms with Crippen molar-refractivity contribution in [2.45, 2.75) is 80.9 Å². The number of halogens is 2. The second-order valence-corrected chi connectivity index (χ2v) is 13.4. The van der Waals surface area contributed by atoms with E-state index in [1.165, 1.54) is 22.5 Å². The minimum Gasteiger partial charge on any atom is -0.341 e. The molecule has 0 N–H and O–H groups in total. The Morgan fingerprint density at radius 3 is 2.31 bits per heavy atom. The summed E-state index contributed by atoms with van der Waals surface area (Å²) < 4.78 is 29.4. The van der Waals surface area contributed by atoms with E-state index in [-0.39, 0.29) is 38.7 Å². The van der Waals surface area contributed by atoms with Crippen molar-refractivity contribution < 1.29 is 18.0 Å². The third kappa shape index (κ3) is 4.38. The summed E-state index contributed by atoms with van der Waals surface area (Å²) in [7, 11) is -4.09. The predicted molar refractivity (Wildman–Crippen MR) is 139 cm³/mol. The van der Waals surface area contributed by atoms with E-state index in [9.17, 15) is 18.0 Å². The topological polar surface area (TPSA) is 78.0 Å². The lowest BCUT2D eigenvalue weighted by Crippen LogP contribution is -2.57. The van der Waals surface area contributed by atoms with Crippen molar-refractivity contribution in [2.75, 3.05) is 13.1 Å². The van der Waals surface area contributed by atoms with Gasteiger partial charge in [0.1, 0.15) is 12.1 Å². The number of sulfonamides is 1. The molecule has 1 aromatic carbocycles. The molecule has 2 amide bonds. The third-order valence-corrected chi connectivity index (χ3v) is 10.9. The Morgan fingerprint density at radius 1 is 1.00 bits per heavy atom. The molecule has 0 spiro atoms. The van der Waals surface area contributed by atoms with Gasteiger partial charge >= 0.3 is 0 Å². The standard InChI is InChI=1S/C26H33Cl2N3O4S/c1-3-20-21-7-8-23(25(32)29-11-9-16(2)10-12-29)30(21)26(33)24-6-4-5-22(20)31(24)36(34,35)19-14-17(27)13-18(28)15-19/h3,13-16,20-24H,1,4-12H2,2H3/t20-,21-,22-,23-,24?/m0/s1. The number of piperidine rings is 2. The van der Waals surface area contributed by atoms with Crippen LogP contribution in [0.15, 0.2) is 35.7 Å². The number of rotatable bonds is 4. The first-order chi connectivity index (χ1) is 17.1. The lowest BCUT2D eigenvalue weighted by molar-refractivity contribution is -0.147. The van der Waals surface area contributed by atoms with Crippen LogP contribution in [-0.2, 0) is 19.6 Å². The molecular formula is C26H33Cl2N3O4S. The lowest BCUT2D eigenvalue weighted by Gasteiger charge is -2.41. The molecule has 36 heavy (non-hydrogen) atoms. The van der Waals surface area contributed by atoms with Crippen molar-refractivity contribution in [3.63, 3.8) is 0 Å². The summed E-state index contributed by atoms with van der Waals surface area (Å²) in [5.74, 6) is 0.0382. The minimum atomic E-state index is -4.09. The molecule has 7 nitrogen and oxygen atoms in total. The maximum Gasteiger partial charge on any atom is 0.245 e. The first kappa shape index (κ1) is 26.0. The van der Waals surface area contributed by atoms with E-state index in [1.807, 2.05) is 4.90 Å². The fraction of sp³-hybridized carbons (Fsp3) is 0.615. The maximum atomic E-state index is 14.1. The van der Waals surface area contributed by atoms with Gasteiger partial charge < -0.3 is 9.80 Å². The Bertz CT molecular complexity index is 1150. The molecule has 4 saturated heterocycles. The van der Waals surface area contributed by atoms with E-state index in [2.05, 4.69) is 13.5 Å². The van der Waals surface area contributed by atoms with Gasteiger partial charge in [-0.2, -0.15) is 4.31 Å². The smallest absolute Gasteiger partial charge is 0.245 e. The molecule has 4 heterocycles. The average Bonchev–Trinajstić information content (AvgIpc) is 3.26. The molecular weight excluding hydrogens is 521 g/mol. The number of nitrogens with zero attached hydrogens (tertiary/aromatic N) is 3. The Labute approximate surface area is 223 Å². The van der Waals surface area contributed by atoms with Crippen LogP contribution < -0.4 is 0 Å². The molecule has 4 fully saturated rings. The van der Waals surface area contributed by atoms with Gasteiger partial charge in [-0.3, -0.25) is 9.59 Å². The lowest BCUT2D eigenvalue weighted by atomic mass is 9.85. The van der Waals surface area contributed by atoms with Gasteiger partial charge in [0, 0.05) is 41.1 Å². The highest BCUT2D eigenvalue weighted by atomic mass is 35.5. The molecule has 5 rings (SSSR count). The first-order valence-electron chi connectivity index (χ1n) is 12.9. The van der Waals surface area contributed by atoms with Crippen LogP contribution in [0.3, 0.4) is 0 Å². The monoisotopic (exact) mass is 553 g/mol. The minimum absolute atomic E-state index is 0.00645. The molecule has 196 valence electrons. The molecule has 1 unspecified atom stereocenters. The highest BCUT2D eigenvalue weighted by Gasteiger charge is 2.57. The molecule has 1 aromatic rings. The van der Waals surface area contributed by atoms with E-state index in [1.54, 1.807) is 11.0 Å². The normalized spacial score (nSPS) is 31.8. The average molecular weight is 555 g/mol. The molecule has 5 atom stereocenters. The summed E-state index contributed by atoms with van der Waals surface area (Å²) in [6, 6.07) is 2.14. The third-order valence-electron chi connectivity index (χ3n) is 8.53. The van der Waals surface area contributed by atoms with Gasteiger partial charge in [-0.1, -0.05) is 36.2 Å². The molecule has 4 aliphatic heterocycles. The van der Waals surface area contributed by atoms with Crippen molar-refractivity contribution >= 4 is 45.0 Å². The van der Waals surface area contributed by atoms with Crippen molar-refractivity contribution in [3.05, 3.63) is 40.9 Å². The number of likely N-dealkylation sites (tertiary alicyclic amines) is 1. The zero-order valence-corrected chi connectivity index (χ0v) is 22.8. The first-order valence-corrected chi connectivity index (χ1v) is 15.1. The van der Waals surface area contributed by atoms with Gasteiger partial charge in [0.05, 0.1) is 4.90 Å². The highest BCUT2D eigenvalue weighted by Crippen LogP contribution is 2.45. The molecule has 0 aromatic heterocycles. The van der Waals surface area contributed by atoms with Gasteiger partial charge in [-0.05, 0) is 69.1 Å². The Hall–Kier alpha value is -1.61. The summed E-state index contributed by atoms with van der Waals surface area (Å²) >= 11 is 12.3. The molecule has 0 radical (unpaired) electrons. The van der Waals surface area contributed by atoms with Gasteiger partial charge in [0.15, 0.2) is 0 Å². The largest absolute Gasteiger partial charge is 0.341 e. The van der Waals surface area contributed by atoms with Gasteiger partial charge in [-0.25, -0.2) is 8.42 Å². The fourth-order valence-electron chi connectivity index (χ4n) is 6.70. The zero-order valence-electron chi connectivity index (χ0n) is 20.5. The highest BCUT2D eigenvalue weighted by molar-refractivity contribution is 7.89. The van der Waals surface area contributed by atoms with E-state index in [0.29, 0.717) is 44.7 Å². The number of hydrogen-bond donors (Lipinski definition) is 0. The van der Waals surface area contributed by atoms with Crippen molar-refractivity contribution in [3.8, 4) is 0 Å². The van der Waals surface area contributed by atoms with Crippen molar-refractivity contribution in [1.29, 1.82) is 0 Å². The van der Waals surface area contributed by atoms with E-state index in [0.717, 1.165) is 19.3 Å². The molecule has 4 aliphatic rings. The Balaban J connectivity index is 1.53. The van der Waals surface area contributed by atoms with Crippen LogP contribution in [0.1, 0.15) is 51.9 Å². The van der Waals surface area contributed by atoms with Crippen molar-refractivity contribution in [1.82, 2.24) is 14.1 Å². The number of benzene rings is 1. The summed E-state index contributed by atoms with van der Waals surface area (Å²) in [4.78, 5) is 31.4. The summed E-state index contributed by atoms with van der Waals surface area (Å²) in [5, 5.41) is 0.435. The molecule has 0 aliphatic carbocycles. The Kier molecular flexibility index (Phi) is 7.18. The number of amides is 2. The van der Waals surface area contributed by atoms with Crippen molar-refractivity contribution in [2.24, 2.45) is 11.8 Å². The second-order valence-electron chi connectivity index (χ2n) is 10.7. The van der Waals surface area contributed by atoms with Crippen LogP contribution in [0, 0.1) is 11.8 Å². The van der Waals surface area contributed by atoms with Gasteiger partial charge in [0.2, 0.25) is 21.8 Å². The summed E-state index contributed by atoms with van der Waals surface area (Å²) in [6.07, 6.45) is 6.74. The van der Waals surface area contributed by atoms with Crippen LogP contribution >= 0.6 is 23.2 Å². The molecule has 0 saturated carbocycles. The molecule has 2 bridgehead atoms. The molecule has 10 heteroatoms. The quantitative estimate of drug-likeness (QED) is 0.519. The number of carbonyl (C=O) groups is 2. The van der Waals surface area contributed by atoms with E-state index >= 15 is 0 Å². The SMILES string of the molecule is C=C[C@H]1[C@@H]2CC[C@@H](C(=O)N3CCC(C)CC3)N2C(=O)C2CCC[C@@H]1N2S(=O)(=O)c1cc(Cl)cc(Cl)c1. The van der Waals surface area contributed by atoms with Crippen LogP contribution in [0.2, 0.25) is 10.0 Å². The van der Waals surface area contributed by atoms with Crippen LogP contribution in [0.25, 0.3) is 0 Å². The number of hydrogen-bond acceptors (Lipinski definition) is 4. The summed E-state index contributed by atoms with van der Waals surface area (Å²) in [6.45, 7) is 7.65. The van der Waals surface area contributed by atoms with Gasteiger partial charge in [0.25, 0.3) is 0 Å². The van der Waals surface area contributed by atoms with Crippen LogP contribution in [0.4, 0.5) is 0 Å². The van der Waals surface area contributed by atoms with Gasteiger partial charge in [-0.15, -0.1) is 6.58 Å². The van der Waals surface area contributed by atoms with E-state index in [4.69, 9.17) is 23.2 Å². The van der Waals surface area contributed by atoms with E-state index < -0.39 is 28.1 Å². The van der Waals surface area contributed by atoms with Crippen LogP contribution in [0.5, 0.6) is 0 Å². The maximum absolute atomic E-state index is 14.1. The van der Waals surface area contributed by atoms with Crippen LogP contribution in [-0.4, -0.2) is 71.6 Å². The fourth-order valence-corrected chi connectivity index (χ4v) is 9.29. The predicted octanol–water partition coefficient (Wildman–Crippen LogP) is 4.34. The number of fused-ring (bicyclic) bond motifs is 3. The zero-order chi connectivity index (χ0) is 25.8. The number of carbonyl (C=O) groups excluding carboxylic acids is 2. The second kappa shape index (κ2) is 9.93.